The molecule has 5 rings (SSSR count). The van der Waals surface area contributed by atoms with Crippen molar-refractivity contribution in [2.75, 3.05) is 0 Å². The summed E-state index contributed by atoms with van der Waals surface area (Å²) in [4.78, 5) is 25.5. The molecule has 0 heterocycles. The van der Waals surface area contributed by atoms with Crippen LogP contribution in [-0.4, -0.2) is 10.2 Å². The monoisotopic (exact) mass is 340 g/mol. The molecular formula is C22H12O4. The fourth-order valence-electron chi connectivity index (χ4n) is 4.03. The molecule has 124 valence electrons. The van der Waals surface area contributed by atoms with E-state index in [1.807, 2.05) is 18.2 Å². The molecule has 2 N–H and O–H groups in total. The summed E-state index contributed by atoms with van der Waals surface area (Å²) in [5.41, 5.74) is -0.00448. The molecule has 0 fully saturated rings. The Labute approximate surface area is 146 Å². The van der Waals surface area contributed by atoms with Gasteiger partial charge in [0.15, 0.2) is 16.6 Å². The summed E-state index contributed by atoms with van der Waals surface area (Å²) in [5, 5.41) is 24.7. The number of fused-ring (bicyclic) bond motifs is 2. The van der Waals surface area contributed by atoms with Crippen LogP contribution in [0.15, 0.2) is 70.4 Å². The van der Waals surface area contributed by atoms with E-state index >= 15 is 0 Å². The molecule has 0 atom stereocenters. The Kier molecular flexibility index (Phi) is 2.78. The van der Waals surface area contributed by atoms with Gasteiger partial charge in [0.1, 0.15) is 6.26 Å². The molecule has 0 unspecified atom stereocenters. The molecule has 0 aliphatic heterocycles. The number of aliphatic hydroxyl groups excluding tert-OH is 2. The van der Waals surface area contributed by atoms with Crippen LogP contribution in [0, 0.1) is 0 Å². The van der Waals surface area contributed by atoms with Crippen molar-refractivity contribution in [3.05, 3.63) is 86.9 Å². The van der Waals surface area contributed by atoms with Gasteiger partial charge in [0, 0.05) is 32.5 Å². The molecule has 5 aromatic rings. The van der Waals surface area contributed by atoms with E-state index in [0.29, 0.717) is 38.8 Å². The molecular weight excluding hydrogens is 328 g/mol. The Balaban J connectivity index is 2.33. The summed E-state index contributed by atoms with van der Waals surface area (Å²) < 4.78 is 0. The highest BCUT2D eigenvalue weighted by molar-refractivity contribution is 6.34. The highest BCUT2D eigenvalue weighted by Crippen LogP contribution is 2.40. The second-order valence-corrected chi connectivity index (χ2v) is 6.38. The van der Waals surface area contributed by atoms with Gasteiger partial charge in [-0.15, -0.1) is 0 Å². The maximum atomic E-state index is 12.8. The Bertz CT molecular complexity index is 1480. The average Bonchev–Trinajstić information content (AvgIpc) is 2.67. The standard InChI is InChI=1S/C22H12O4/c23-10-17(26)13-7-4-12-6-8-15(24)20-14-3-1-2-11-5-9-16(25)22(18(11)14)21(13)19(12)20/h1-10,23,26H. The molecule has 0 spiro atoms. The van der Waals surface area contributed by atoms with E-state index in [9.17, 15) is 19.8 Å². The van der Waals surface area contributed by atoms with Crippen molar-refractivity contribution in [1.82, 2.24) is 0 Å². The second-order valence-electron chi connectivity index (χ2n) is 6.38. The van der Waals surface area contributed by atoms with Crippen molar-refractivity contribution in [1.29, 1.82) is 0 Å². The largest absolute Gasteiger partial charge is 0.512 e. The minimum Gasteiger partial charge on any atom is -0.512 e. The van der Waals surface area contributed by atoms with Gasteiger partial charge in [-0.1, -0.05) is 36.4 Å². The quantitative estimate of drug-likeness (QED) is 0.271. The van der Waals surface area contributed by atoms with Crippen LogP contribution in [0.3, 0.4) is 0 Å². The maximum Gasteiger partial charge on any atom is 0.187 e. The second kappa shape index (κ2) is 4.92. The zero-order valence-electron chi connectivity index (χ0n) is 13.5. The van der Waals surface area contributed by atoms with Gasteiger partial charge >= 0.3 is 0 Å². The topological polar surface area (TPSA) is 74.6 Å². The zero-order chi connectivity index (χ0) is 18.0. The molecule has 4 nitrogen and oxygen atoms in total. The van der Waals surface area contributed by atoms with Crippen LogP contribution in [0.4, 0.5) is 0 Å². The van der Waals surface area contributed by atoms with Crippen molar-refractivity contribution < 1.29 is 10.2 Å². The molecule has 4 heteroatoms. The van der Waals surface area contributed by atoms with Crippen LogP contribution in [0.25, 0.3) is 48.8 Å². The Morgan fingerprint density at radius 1 is 0.692 bits per heavy atom. The van der Waals surface area contributed by atoms with Gasteiger partial charge in [0.25, 0.3) is 0 Å². The zero-order valence-corrected chi connectivity index (χ0v) is 13.5. The lowest BCUT2D eigenvalue weighted by molar-refractivity contribution is 0.432. The molecule has 0 saturated carbocycles. The minimum atomic E-state index is -0.347. The lowest BCUT2D eigenvalue weighted by Crippen LogP contribution is -2.07. The van der Waals surface area contributed by atoms with Crippen molar-refractivity contribution in [2.24, 2.45) is 0 Å². The molecule has 26 heavy (non-hydrogen) atoms. The van der Waals surface area contributed by atoms with Gasteiger partial charge in [-0.25, -0.2) is 0 Å². The van der Waals surface area contributed by atoms with E-state index in [4.69, 9.17) is 0 Å². The predicted octanol–water partition coefficient (Wildman–Crippen LogP) is 4.31. The van der Waals surface area contributed by atoms with Crippen LogP contribution < -0.4 is 10.9 Å². The molecule has 0 radical (unpaired) electrons. The number of rotatable bonds is 1. The van der Waals surface area contributed by atoms with Gasteiger partial charge in [-0.2, -0.15) is 0 Å². The molecule has 0 aromatic heterocycles. The number of aliphatic hydroxyl groups is 2. The van der Waals surface area contributed by atoms with Crippen molar-refractivity contribution in [3.63, 3.8) is 0 Å². The van der Waals surface area contributed by atoms with E-state index in [1.165, 1.54) is 12.1 Å². The summed E-state index contributed by atoms with van der Waals surface area (Å²) >= 11 is 0. The highest BCUT2D eigenvalue weighted by atomic mass is 16.3. The first-order valence-corrected chi connectivity index (χ1v) is 8.15. The first kappa shape index (κ1) is 14.7. The maximum absolute atomic E-state index is 12.8. The molecule has 0 bridgehead atoms. The van der Waals surface area contributed by atoms with E-state index in [1.54, 1.807) is 24.3 Å². The molecule has 0 amide bonds. The van der Waals surface area contributed by atoms with Gasteiger partial charge in [0.05, 0.1) is 0 Å². The fourth-order valence-corrected chi connectivity index (χ4v) is 4.03. The summed E-state index contributed by atoms with van der Waals surface area (Å²) in [5.74, 6) is -0.347. The first-order chi connectivity index (χ1) is 12.6. The Hall–Kier alpha value is -3.66. The van der Waals surface area contributed by atoms with E-state index < -0.39 is 0 Å². The Morgan fingerprint density at radius 2 is 1.35 bits per heavy atom. The molecule has 0 aliphatic rings. The van der Waals surface area contributed by atoms with Gasteiger partial charge in [0.2, 0.25) is 0 Å². The van der Waals surface area contributed by atoms with Crippen molar-refractivity contribution >= 4 is 48.8 Å². The van der Waals surface area contributed by atoms with E-state index in [-0.39, 0.29) is 16.6 Å². The fraction of sp³-hybridized carbons (Fsp3) is 0. The van der Waals surface area contributed by atoms with Crippen LogP contribution in [-0.2, 0) is 0 Å². The summed E-state index contributed by atoms with van der Waals surface area (Å²) in [7, 11) is 0. The van der Waals surface area contributed by atoms with Crippen LogP contribution in [0.5, 0.6) is 0 Å². The third kappa shape index (κ3) is 1.68. The average molecular weight is 340 g/mol. The summed E-state index contributed by atoms with van der Waals surface area (Å²) in [6, 6.07) is 15.5. The molecule has 0 aliphatic carbocycles. The predicted molar refractivity (Wildman–Crippen MR) is 105 cm³/mol. The Morgan fingerprint density at radius 3 is 2.08 bits per heavy atom. The number of hydrogen-bond acceptors (Lipinski definition) is 4. The summed E-state index contributed by atoms with van der Waals surface area (Å²) in [6.07, 6.45) is 0.601. The lowest BCUT2D eigenvalue weighted by Gasteiger charge is -2.15. The third-order valence-electron chi connectivity index (χ3n) is 5.07. The highest BCUT2D eigenvalue weighted by Gasteiger charge is 2.20. The first-order valence-electron chi connectivity index (χ1n) is 8.15. The van der Waals surface area contributed by atoms with Crippen LogP contribution in [0.2, 0.25) is 0 Å². The minimum absolute atomic E-state index is 0.141. The smallest absolute Gasteiger partial charge is 0.187 e. The van der Waals surface area contributed by atoms with Gasteiger partial charge in [-0.05, 0) is 34.4 Å². The summed E-state index contributed by atoms with van der Waals surface area (Å²) in [6.45, 7) is 0. The normalized spacial score (nSPS) is 12.7. The lowest BCUT2D eigenvalue weighted by atomic mass is 9.87. The third-order valence-corrected chi connectivity index (χ3v) is 5.07. The SMILES string of the molecule is O=c1ccc2cccc3c4c(=O)ccc5ccc(C(O)=CO)c(c1c23)c54. The number of hydrogen-bond donors (Lipinski definition) is 2. The number of benzene rings is 5. The molecule has 5 aromatic carbocycles. The van der Waals surface area contributed by atoms with E-state index in [2.05, 4.69) is 0 Å². The molecule has 0 saturated heterocycles. The van der Waals surface area contributed by atoms with Gasteiger partial charge in [-0.3, -0.25) is 9.59 Å². The van der Waals surface area contributed by atoms with Gasteiger partial charge < -0.3 is 10.2 Å². The van der Waals surface area contributed by atoms with Crippen LogP contribution in [0.1, 0.15) is 5.56 Å². The van der Waals surface area contributed by atoms with Crippen molar-refractivity contribution in [2.45, 2.75) is 0 Å². The van der Waals surface area contributed by atoms with Crippen molar-refractivity contribution in [3.8, 4) is 0 Å². The van der Waals surface area contributed by atoms with E-state index in [0.717, 1.165) is 16.2 Å². The van der Waals surface area contributed by atoms with Crippen LogP contribution >= 0.6 is 0 Å².